The molecular formula is C10H11ClFNO. The second-order valence-corrected chi connectivity index (χ2v) is 3.85. The van der Waals surface area contributed by atoms with Crippen LogP contribution in [0.25, 0.3) is 0 Å². The van der Waals surface area contributed by atoms with Gasteiger partial charge in [-0.25, -0.2) is 0 Å². The van der Waals surface area contributed by atoms with E-state index in [0.717, 1.165) is 12.8 Å². The Morgan fingerprint density at radius 2 is 2.07 bits per heavy atom. The van der Waals surface area contributed by atoms with Crippen LogP contribution >= 0.6 is 11.6 Å². The molecule has 0 aliphatic heterocycles. The van der Waals surface area contributed by atoms with Crippen molar-refractivity contribution in [3.63, 3.8) is 0 Å². The summed E-state index contributed by atoms with van der Waals surface area (Å²) in [6.07, 6.45) is 4.63. The highest BCUT2D eigenvalue weighted by molar-refractivity contribution is 6.30. The highest BCUT2D eigenvalue weighted by Gasteiger charge is 2.17. The molecule has 0 unspecified atom stereocenters. The normalized spacial score (nSPS) is 17.3. The van der Waals surface area contributed by atoms with Crippen LogP contribution in [0.2, 0.25) is 5.02 Å². The van der Waals surface area contributed by atoms with E-state index < -0.39 is 5.95 Å². The summed E-state index contributed by atoms with van der Waals surface area (Å²) in [7, 11) is 0. The molecule has 0 bridgehead atoms. The van der Waals surface area contributed by atoms with Gasteiger partial charge in [-0.15, -0.1) is 0 Å². The Labute approximate surface area is 87.1 Å². The molecule has 0 spiro atoms. The fourth-order valence-electron chi connectivity index (χ4n) is 1.64. The first-order valence-corrected chi connectivity index (χ1v) is 5.12. The van der Waals surface area contributed by atoms with Gasteiger partial charge in [0, 0.05) is 6.07 Å². The lowest BCUT2D eigenvalue weighted by Gasteiger charge is -2.11. The summed E-state index contributed by atoms with van der Waals surface area (Å²) in [5, 5.41) is 0.0313. The topological polar surface area (TPSA) is 22.1 Å². The van der Waals surface area contributed by atoms with Gasteiger partial charge >= 0.3 is 0 Å². The summed E-state index contributed by atoms with van der Waals surface area (Å²) < 4.78 is 18.4. The van der Waals surface area contributed by atoms with Crippen LogP contribution < -0.4 is 4.74 Å². The fraction of sp³-hybridized carbons (Fsp3) is 0.500. The Morgan fingerprint density at radius 1 is 1.36 bits per heavy atom. The van der Waals surface area contributed by atoms with Crippen LogP contribution in [0.5, 0.6) is 5.88 Å². The van der Waals surface area contributed by atoms with Crippen LogP contribution in [-0.2, 0) is 0 Å². The molecule has 0 atom stereocenters. The minimum Gasteiger partial charge on any atom is -0.474 e. The molecule has 0 aromatic carbocycles. The van der Waals surface area contributed by atoms with E-state index in [1.165, 1.54) is 18.9 Å². The van der Waals surface area contributed by atoms with Crippen molar-refractivity contribution in [1.29, 1.82) is 0 Å². The number of rotatable bonds is 2. The largest absolute Gasteiger partial charge is 0.474 e. The average Bonchev–Trinajstić information content (AvgIpc) is 2.64. The van der Waals surface area contributed by atoms with Crippen molar-refractivity contribution in [2.24, 2.45) is 0 Å². The second kappa shape index (κ2) is 4.13. The van der Waals surface area contributed by atoms with Crippen LogP contribution in [-0.4, -0.2) is 11.1 Å². The monoisotopic (exact) mass is 215 g/mol. The van der Waals surface area contributed by atoms with E-state index >= 15 is 0 Å². The number of nitrogens with zero attached hydrogens (tertiary/aromatic N) is 1. The summed E-state index contributed by atoms with van der Waals surface area (Å²) in [6, 6.07) is 3.07. The molecule has 2 nitrogen and oxygen atoms in total. The molecule has 0 N–H and O–H groups in total. The van der Waals surface area contributed by atoms with Gasteiger partial charge in [-0.05, 0) is 31.7 Å². The molecule has 2 rings (SSSR count). The molecule has 1 aromatic heterocycles. The van der Waals surface area contributed by atoms with E-state index in [2.05, 4.69) is 4.98 Å². The number of ether oxygens (including phenoxy) is 1. The SMILES string of the molecule is Fc1nc(OC2CCCC2)ccc1Cl. The van der Waals surface area contributed by atoms with E-state index in [1.54, 1.807) is 6.07 Å². The third kappa shape index (κ3) is 2.15. The first-order chi connectivity index (χ1) is 6.75. The molecule has 1 saturated carbocycles. The first-order valence-electron chi connectivity index (χ1n) is 4.74. The third-order valence-electron chi connectivity index (χ3n) is 2.37. The van der Waals surface area contributed by atoms with Gasteiger partial charge in [-0.3, -0.25) is 0 Å². The molecule has 0 amide bonds. The van der Waals surface area contributed by atoms with Crippen LogP contribution in [0, 0.1) is 5.95 Å². The zero-order valence-electron chi connectivity index (χ0n) is 7.67. The Bertz CT molecular complexity index is 326. The lowest BCUT2D eigenvalue weighted by molar-refractivity contribution is 0.199. The Balaban J connectivity index is 2.05. The molecule has 1 fully saturated rings. The van der Waals surface area contributed by atoms with E-state index in [0.29, 0.717) is 5.88 Å². The maximum atomic E-state index is 12.9. The Kier molecular flexibility index (Phi) is 2.87. The quantitative estimate of drug-likeness (QED) is 0.707. The number of hydrogen-bond acceptors (Lipinski definition) is 2. The van der Waals surface area contributed by atoms with E-state index in [4.69, 9.17) is 16.3 Å². The predicted octanol–water partition coefficient (Wildman–Crippen LogP) is 3.20. The molecule has 1 aliphatic rings. The van der Waals surface area contributed by atoms with Gasteiger partial charge in [0.05, 0.1) is 5.02 Å². The van der Waals surface area contributed by atoms with Gasteiger partial charge in [-0.1, -0.05) is 11.6 Å². The highest BCUT2D eigenvalue weighted by Crippen LogP contribution is 2.24. The van der Waals surface area contributed by atoms with Gasteiger partial charge in [0.1, 0.15) is 6.10 Å². The Morgan fingerprint density at radius 3 is 2.71 bits per heavy atom. The van der Waals surface area contributed by atoms with Crippen molar-refractivity contribution in [1.82, 2.24) is 4.98 Å². The van der Waals surface area contributed by atoms with E-state index in [9.17, 15) is 4.39 Å². The summed E-state index contributed by atoms with van der Waals surface area (Å²) in [4.78, 5) is 3.62. The molecule has 1 heterocycles. The minimum atomic E-state index is -0.665. The number of halogens is 2. The van der Waals surface area contributed by atoms with Gasteiger partial charge < -0.3 is 4.74 Å². The van der Waals surface area contributed by atoms with Crippen molar-refractivity contribution in [2.45, 2.75) is 31.8 Å². The van der Waals surface area contributed by atoms with Gasteiger partial charge in [-0.2, -0.15) is 9.37 Å². The zero-order chi connectivity index (χ0) is 9.97. The smallest absolute Gasteiger partial charge is 0.234 e. The molecule has 0 saturated heterocycles. The van der Waals surface area contributed by atoms with Crippen molar-refractivity contribution < 1.29 is 9.13 Å². The number of hydrogen-bond donors (Lipinski definition) is 0. The summed E-state index contributed by atoms with van der Waals surface area (Å²) >= 11 is 5.50. The van der Waals surface area contributed by atoms with E-state index in [1.807, 2.05) is 0 Å². The van der Waals surface area contributed by atoms with Crippen molar-refractivity contribution in [3.8, 4) is 5.88 Å². The molecule has 0 radical (unpaired) electrons. The second-order valence-electron chi connectivity index (χ2n) is 3.45. The fourth-order valence-corrected chi connectivity index (χ4v) is 1.75. The van der Waals surface area contributed by atoms with Crippen LogP contribution in [0.15, 0.2) is 12.1 Å². The van der Waals surface area contributed by atoms with Crippen molar-refractivity contribution >= 4 is 11.6 Å². The number of aromatic nitrogens is 1. The predicted molar refractivity (Wildman–Crippen MR) is 52.1 cm³/mol. The van der Waals surface area contributed by atoms with Crippen molar-refractivity contribution in [2.75, 3.05) is 0 Å². The van der Waals surface area contributed by atoms with Gasteiger partial charge in [0.15, 0.2) is 0 Å². The zero-order valence-corrected chi connectivity index (χ0v) is 8.43. The minimum absolute atomic E-state index is 0.0313. The van der Waals surface area contributed by atoms with Crippen LogP contribution in [0.4, 0.5) is 4.39 Å². The molecule has 1 aliphatic carbocycles. The summed E-state index contributed by atoms with van der Waals surface area (Å²) in [6.45, 7) is 0. The van der Waals surface area contributed by atoms with Crippen LogP contribution in [0.1, 0.15) is 25.7 Å². The molecule has 14 heavy (non-hydrogen) atoms. The lowest BCUT2D eigenvalue weighted by Crippen LogP contribution is -2.12. The van der Waals surface area contributed by atoms with E-state index in [-0.39, 0.29) is 11.1 Å². The van der Waals surface area contributed by atoms with Crippen LogP contribution in [0.3, 0.4) is 0 Å². The molecular weight excluding hydrogens is 205 g/mol. The average molecular weight is 216 g/mol. The highest BCUT2D eigenvalue weighted by atomic mass is 35.5. The number of pyridine rings is 1. The summed E-state index contributed by atoms with van der Waals surface area (Å²) in [5.74, 6) is -0.332. The first kappa shape index (κ1) is 9.71. The van der Waals surface area contributed by atoms with Gasteiger partial charge in [0.2, 0.25) is 11.8 Å². The maximum Gasteiger partial charge on any atom is 0.234 e. The summed E-state index contributed by atoms with van der Waals surface area (Å²) in [5.41, 5.74) is 0. The van der Waals surface area contributed by atoms with Gasteiger partial charge in [0.25, 0.3) is 0 Å². The maximum absolute atomic E-state index is 12.9. The standard InChI is InChI=1S/C10H11ClFNO/c11-8-5-6-9(13-10(8)12)14-7-3-1-2-4-7/h5-7H,1-4H2. The molecule has 4 heteroatoms. The lowest BCUT2D eigenvalue weighted by atomic mass is 10.3. The van der Waals surface area contributed by atoms with Crippen molar-refractivity contribution in [3.05, 3.63) is 23.1 Å². The Hall–Kier alpha value is -0.830. The molecule has 76 valence electrons. The third-order valence-corrected chi connectivity index (χ3v) is 2.65. The molecule has 1 aromatic rings.